The lowest BCUT2D eigenvalue weighted by Gasteiger charge is -2.26. The summed E-state index contributed by atoms with van der Waals surface area (Å²) >= 11 is 0. The molecule has 1 aliphatic heterocycles. The minimum Gasteiger partial charge on any atom is -0.298 e. The van der Waals surface area contributed by atoms with Gasteiger partial charge in [0.1, 0.15) is 5.82 Å². The van der Waals surface area contributed by atoms with E-state index in [1.54, 1.807) is 37.7 Å². The highest BCUT2D eigenvalue weighted by atomic mass is 19.4. The fraction of sp³-hybridized carbons (Fsp3) is 0.200. The summed E-state index contributed by atoms with van der Waals surface area (Å²) in [6, 6.07) is 5.91. The second-order valence-corrected chi connectivity index (χ2v) is 6.35. The highest BCUT2D eigenvalue weighted by Gasteiger charge is 2.34. The first-order valence-corrected chi connectivity index (χ1v) is 8.15. The van der Waals surface area contributed by atoms with Crippen LogP contribution in [0.25, 0.3) is 12.2 Å². The summed E-state index contributed by atoms with van der Waals surface area (Å²) in [6.45, 7) is 0.592. The third-order valence-electron chi connectivity index (χ3n) is 4.16. The van der Waals surface area contributed by atoms with Crippen molar-refractivity contribution in [1.82, 2.24) is 9.88 Å². The Hall–Kier alpha value is -2.80. The van der Waals surface area contributed by atoms with Gasteiger partial charge in [-0.05, 0) is 54.6 Å². The molecule has 2 aromatic rings. The van der Waals surface area contributed by atoms with E-state index in [2.05, 4.69) is 4.98 Å². The lowest BCUT2D eigenvalue weighted by Crippen LogP contribution is -2.34. The van der Waals surface area contributed by atoms with E-state index in [1.807, 2.05) is 4.90 Å². The summed E-state index contributed by atoms with van der Waals surface area (Å²) in [6.07, 6.45) is 1.36. The minimum atomic E-state index is -4.71. The first kappa shape index (κ1) is 19.0. The molecular weight excluding hydrogens is 360 g/mol. The van der Waals surface area contributed by atoms with E-state index in [4.69, 9.17) is 0 Å². The van der Waals surface area contributed by atoms with E-state index in [0.717, 1.165) is 17.7 Å². The van der Waals surface area contributed by atoms with Crippen molar-refractivity contribution in [2.45, 2.75) is 6.18 Å². The number of rotatable bonds is 2. The number of benzene rings is 1. The zero-order chi connectivity index (χ0) is 19.6. The normalized spacial score (nSPS) is 19.1. The number of halogens is 4. The smallest absolute Gasteiger partial charge is 0.298 e. The van der Waals surface area contributed by atoms with E-state index in [1.165, 1.54) is 6.08 Å². The van der Waals surface area contributed by atoms with Gasteiger partial charge in [-0.3, -0.25) is 14.7 Å². The molecule has 0 bridgehead atoms. The third-order valence-corrected chi connectivity index (χ3v) is 4.16. The van der Waals surface area contributed by atoms with Crippen molar-refractivity contribution in [2.75, 3.05) is 20.1 Å². The average molecular weight is 376 g/mol. The van der Waals surface area contributed by atoms with Crippen LogP contribution >= 0.6 is 0 Å². The molecule has 7 heteroatoms. The van der Waals surface area contributed by atoms with Crippen LogP contribution in [0.5, 0.6) is 0 Å². The molecule has 2 heterocycles. The molecule has 3 rings (SSSR count). The standard InChI is InChI=1S/C20H16F4N2O/c1-26-11-15(8-13-4-6-25-7-5-13)19(27)16(12-26)9-14-2-3-17(21)10-18(14)20(22,23)24/h2-10H,11-12H2,1H3/b15-8+,16-9+. The Morgan fingerprint density at radius 1 is 1.04 bits per heavy atom. The van der Waals surface area contributed by atoms with Gasteiger partial charge in [-0.2, -0.15) is 13.2 Å². The zero-order valence-corrected chi connectivity index (χ0v) is 14.4. The number of ketones is 1. The van der Waals surface area contributed by atoms with Crippen LogP contribution in [-0.2, 0) is 11.0 Å². The fourth-order valence-electron chi connectivity index (χ4n) is 2.96. The molecular formula is C20H16F4N2O. The molecule has 0 spiro atoms. The summed E-state index contributed by atoms with van der Waals surface area (Å²) in [4.78, 5) is 18.5. The quantitative estimate of drug-likeness (QED) is 0.581. The molecule has 0 atom stereocenters. The maximum absolute atomic E-state index is 13.3. The number of carbonyl (C=O) groups excluding carboxylic acids is 1. The molecule has 1 saturated heterocycles. The summed E-state index contributed by atoms with van der Waals surface area (Å²) < 4.78 is 52.9. The summed E-state index contributed by atoms with van der Waals surface area (Å²) in [5.74, 6) is -1.29. The number of nitrogens with zero attached hydrogens (tertiary/aromatic N) is 2. The molecule has 0 N–H and O–H groups in total. The third kappa shape index (κ3) is 4.49. The lowest BCUT2D eigenvalue weighted by atomic mass is 9.93. The number of likely N-dealkylation sites (tertiary alicyclic amines) is 1. The monoisotopic (exact) mass is 376 g/mol. The topological polar surface area (TPSA) is 33.2 Å². The molecule has 0 saturated carbocycles. The SMILES string of the molecule is CN1C/C(=C\c2ccncc2)C(=O)/C(=C/c2ccc(F)cc2C(F)(F)F)C1. The second kappa shape index (κ2) is 7.44. The van der Waals surface area contributed by atoms with Crippen LogP contribution in [0, 0.1) is 5.82 Å². The van der Waals surface area contributed by atoms with Gasteiger partial charge in [-0.1, -0.05) is 6.07 Å². The van der Waals surface area contributed by atoms with Crippen LogP contribution in [0.15, 0.2) is 53.9 Å². The zero-order valence-electron chi connectivity index (χ0n) is 14.4. The van der Waals surface area contributed by atoms with Crippen LogP contribution in [0.4, 0.5) is 17.6 Å². The number of carbonyl (C=O) groups is 1. The van der Waals surface area contributed by atoms with Gasteiger partial charge in [0.15, 0.2) is 5.78 Å². The van der Waals surface area contributed by atoms with E-state index in [-0.39, 0.29) is 23.5 Å². The van der Waals surface area contributed by atoms with Gasteiger partial charge >= 0.3 is 6.18 Å². The molecule has 0 radical (unpaired) electrons. The van der Waals surface area contributed by atoms with Crippen LogP contribution in [-0.4, -0.2) is 35.8 Å². The molecule has 1 fully saturated rings. The number of hydrogen-bond acceptors (Lipinski definition) is 3. The van der Waals surface area contributed by atoms with Gasteiger partial charge in [0.05, 0.1) is 5.56 Å². The predicted octanol–water partition coefficient (Wildman–Crippen LogP) is 4.22. The number of alkyl halides is 3. The Morgan fingerprint density at radius 2 is 1.67 bits per heavy atom. The Labute approximate surface area is 153 Å². The first-order valence-electron chi connectivity index (χ1n) is 8.15. The van der Waals surface area contributed by atoms with Crippen molar-refractivity contribution in [1.29, 1.82) is 0 Å². The van der Waals surface area contributed by atoms with Crippen molar-refractivity contribution in [3.05, 3.63) is 76.4 Å². The number of aromatic nitrogens is 1. The van der Waals surface area contributed by atoms with Crippen molar-refractivity contribution in [3.8, 4) is 0 Å². The second-order valence-electron chi connectivity index (χ2n) is 6.35. The molecule has 140 valence electrons. The van der Waals surface area contributed by atoms with Crippen molar-refractivity contribution < 1.29 is 22.4 Å². The molecule has 1 aromatic carbocycles. The Kier molecular flexibility index (Phi) is 5.23. The number of pyridine rings is 1. The van der Waals surface area contributed by atoms with Gasteiger partial charge in [0.2, 0.25) is 0 Å². The van der Waals surface area contributed by atoms with E-state index < -0.39 is 17.6 Å². The predicted molar refractivity (Wildman–Crippen MR) is 94.1 cm³/mol. The van der Waals surface area contributed by atoms with Gasteiger partial charge in [-0.25, -0.2) is 4.39 Å². The number of piperidine rings is 1. The molecule has 3 nitrogen and oxygen atoms in total. The fourth-order valence-corrected chi connectivity index (χ4v) is 2.96. The Morgan fingerprint density at radius 3 is 2.30 bits per heavy atom. The average Bonchev–Trinajstić information content (AvgIpc) is 2.60. The van der Waals surface area contributed by atoms with Gasteiger partial charge in [0, 0.05) is 36.6 Å². The van der Waals surface area contributed by atoms with Gasteiger partial charge in [0.25, 0.3) is 0 Å². The van der Waals surface area contributed by atoms with Crippen molar-refractivity contribution in [2.24, 2.45) is 0 Å². The molecule has 27 heavy (non-hydrogen) atoms. The van der Waals surface area contributed by atoms with Gasteiger partial charge in [-0.15, -0.1) is 0 Å². The van der Waals surface area contributed by atoms with Crippen LogP contribution < -0.4 is 0 Å². The summed E-state index contributed by atoms with van der Waals surface area (Å²) in [7, 11) is 1.77. The number of hydrogen-bond donors (Lipinski definition) is 0. The highest BCUT2D eigenvalue weighted by molar-refractivity contribution is 6.14. The van der Waals surface area contributed by atoms with Crippen LogP contribution in [0.3, 0.4) is 0 Å². The van der Waals surface area contributed by atoms with Gasteiger partial charge < -0.3 is 0 Å². The largest absolute Gasteiger partial charge is 0.417 e. The molecule has 0 unspecified atom stereocenters. The van der Waals surface area contributed by atoms with Crippen LogP contribution in [0.1, 0.15) is 16.7 Å². The lowest BCUT2D eigenvalue weighted by molar-refractivity contribution is -0.138. The Bertz CT molecular complexity index is 917. The number of likely N-dealkylation sites (N-methyl/N-ethyl adjacent to an activating group) is 1. The highest BCUT2D eigenvalue weighted by Crippen LogP contribution is 2.34. The molecule has 1 aromatic heterocycles. The maximum atomic E-state index is 13.3. The van der Waals surface area contributed by atoms with E-state index >= 15 is 0 Å². The van der Waals surface area contributed by atoms with Crippen molar-refractivity contribution in [3.63, 3.8) is 0 Å². The minimum absolute atomic E-state index is 0.210. The summed E-state index contributed by atoms with van der Waals surface area (Å²) in [5, 5.41) is 0. The van der Waals surface area contributed by atoms with Crippen molar-refractivity contribution >= 4 is 17.9 Å². The molecule has 0 amide bonds. The summed E-state index contributed by atoms with van der Waals surface area (Å²) in [5.41, 5.74) is 0.139. The first-order chi connectivity index (χ1) is 12.7. The van der Waals surface area contributed by atoms with E-state index in [0.29, 0.717) is 18.2 Å². The molecule has 1 aliphatic rings. The van der Waals surface area contributed by atoms with Crippen LogP contribution in [0.2, 0.25) is 0 Å². The van der Waals surface area contributed by atoms with E-state index in [9.17, 15) is 22.4 Å². The number of Topliss-reactive ketones (excluding diaryl/α,β-unsaturated/α-hetero) is 1. The maximum Gasteiger partial charge on any atom is 0.417 e. The Balaban J connectivity index is 2.02. The molecule has 0 aliphatic carbocycles.